The average Bonchev–Trinajstić information content (AvgIpc) is 2.09. The van der Waals surface area contributed by atoms with Gasteiger partial charge in [0.25, 0.3) is 0 Å². The Kier molecular flexibility index (Phi) is 8.43. The number of hydrogen-bond donors (Lipinski definition) is 3. The van der Waals surface area contributed by atoms with Crippen molar-refractivity contribution in [3.8, 4) is 0 Å². The number of aliphatic hydroxyl groups is 1. The monoisotopic (exact) mass is 212 g/mol. The minimum Gasteiger partial charge on any atom is -0.388 e. The van der Waals surface area contributed by atoms with E-state index in [0.29, 0.717) is 13.2 Å². The van der Waals surface area contributed by atoms with Crippen LogP contribution < -0.4 is 5.73 Å². The lowest BCUT2D eigenvalue weighted by Gasteiger charge is -2.06. The summed E-state index contributed by atoms with van der Waals surface area (Å²) in [5, 5.41) is 9.08. The van der Waals surface area contributed by atoms with E-state index in [2.05, 4.69) is 4.52 Å². The zero-order valence-electron chi connectivity index (χ0n) is 7.26. The molecule has 78 valence electrons. The molecule has 2 atom stereocenters. The van der Waals surface area contributed by atoms with Crippen molar-refractivity contribution in [2.45, 2.75) is 12.5 Å². The van der Waals surface area contributed by atoms with Gasteiger partial charge in [0, 0.05) is 11.2 Å². The van der Waals surface area contributed by atoms with Gasteiger partial charge in [0.1, 0.15) is 12.7 Å². The van der Waals surface area contributed by atoms with E-state index < -0.39 is 14.4 Å². The van der Waals surface area contributed by atoms with Gasteiger partial charge in [-0.3, -0.25) is 0 Å². The normalized spacial score (nSPS) is 14.2. The minimum atomic E-state index is -2.64. The van der Waals surface area contributed by atoms with Crippen molar-refractivity contribution in [2.24, 2.45) is 5.73 Å². The highest BCUT2D eigenvalue weighted by Crippen LogP contribution is 2.14. The fourth-order valence-electron chi connectivity index (χ4n) is 0.603. The summed E-state index contributed by atoms with van der Waals surface area (Å²) in [5.74, 6) is 0. The van der Waals surface area contributed by atoms with E-state index in [4.69, 9.17) is 20.5 Å². The highest BCUT2D eigenvalue weighted by Gasteiger charge is 2.15. The van der Waals surface area contributed by atoms with Crippen LogP contribution in [-0.4, -0.2) is 42.5 Å². The predicted octanol–water partition coefficient (Wildman–Crippen LogP) is -0.621. The Hall–Kier alpha value is -0.100. The molecule has 7 heteroatoms. The first-order chi connectivity index (χ1) is 6.16. The first kappa shape index (κ1) is 12.9. The molecule has 0 amide bonds. The molecule has 0 aliphatic rings. The van der Waals surface area contributed by atoms with Crippen LogP contribution in [0.5, 0.6) is 0 Å². The van der Waals surface area contributed by atoms with Gasteiger partial charge < -0.3 is 15.6 Å². The highest BCUT2D eigenvalue weighted by atomic mass is 31.1. The average molecular weight is 212 g/mol. The quantitative estimate of drug-likeness (QED) is 0.366. The van der Waals surface area contributed by atoms with Crippen molar-refractivity contribution < 1.29 is 23.8 Å². The largest absolute Gasteiger partial charge is 0.694 e. The molecule has 0 aromatic heterocycles. The molecule has 2 unspecified atom stereocenters. The molecule has 6 nitrogen and oxygen atoms in total. The Labute approximate surface area is 77.6 Å². The van der Waals surface area contributed by atoms with Gasteiger partial charge in [-0.2, -0.15) is 0 Å². The first-order valence-corrected chi connectivity index (χ1v) is 5.04. The van der Waals surface area contributed by atoms with Crippen molar-refractivity contribution in [1.29, 1.82) is 0 Å². The van der Waals surface area contributed by atoms with E-state index in [9.17, 15) is 4.57 Å². The third-order valence-electron chi connectivity index (χ3n) is 1.18. The van der Waals surface area contributed by atoms with E-state index in [0.717, 1.165) is 6.42 Å². The van der Waals surface area contributed by atoms with E-state index in [1.54, 1.807) is 0 Å². The maximum atomic E-state index is 10.0. The van der Waals surface area contributed by atoms with Gasteiger partial charge in [-0.25, -0.2) is 0 Å². The number of ether oxygens (including phenoxy) is 1. The molecule has 0 saturated carbocycles. The fourth-order valence-corrected chi connectivity index (χ4v) is 0.902. The van der Waals surface area contributed by atoms with Crippen LogP contribution in [0, 0.1) is 0 Å². The Balaban J connectivity index is 3.19. The number of rotatable bonds is 8. The van der Waals surface area contributed by atoms with Gasteiger partial charge in [0.2, 0.25) is 0 Å². The fraction of sp³-hybridized carbons (Fsp3) is 1.00. The molecule has 0 spiro atoms. The molecule has 4 N–H and O–H groups in total. The van der Waals surface area contributed by atoms with Crippen LogP contribution in [0.25, 0.3) is 0 Å². The lowest BCUT2D eigenvalue weighted by Crippen LogP contribution is -2.21. The second kappa shape index (κ2) is 8.50. The molecule has 0 bridgehead atoms. The second-order valence-corrected chi connectivity index (χ2v) is 3.14. The summed E-state index contributed by atoms with van der Waals surface area (Å²) >= 11 is 0. The third kappa shape index (κ3) is 9.82. The zero-order chi connectivity index (χ0) is 10.1. The Bertz CT molecular complexity index is 145. The number of nitrogens with two attached hydrogens (primary N) is 1. The van der Waals surface area contributed by atoms with E-state index in [1.165, 1.54) is 0 Å². The topological polar surface area (TPSA) is 102 Å². The van der Waals surface area contributed by atoms with Crippen molar-refractivity contribution in [3.63, 3.8) is 0 Å². The maximum Gasteiger partial charge on any atom is 0.694 e. The summed E-state index contributed by atoms with van der Waals surface area (Å²) in [6.45, 7) is 0.894. The molecule has 0 aliphatic carbocycles. The third-order valence-corrected chi connectivity index (χ3v) is 1.55. The van der Waals surface area contributed by atoms with Crippen molar-refractivity contribution >= 4 is 8.25 Å². The van der Waals surface area contributed by atoms with Crippen LogP contribution in [0.2, 0.25) is 0 Å². The molecule has 0 rings (SSSR count). The maximum absolute atomic E-state index is 10.0. The molecule has 0 radical (unpaired) electrons. The summed E-state index contributed by atoms with van der Waals surface area (Å²) in [5.41, 5.74) is 5.20. The molecule has 0 saturated heterocycles. The molecule has 0 fully saturated rings. The van der Waals surface area contributed by atoms with Crippen LogP contribution in [0.1, 0.15) is 6.42 Å². The first-order valence-electron chi connectivity index (χ1n) is 3.91. The Morgan fingerprint density at radius 3 is 2.69 bits per heavy atom. The number of hydrogen-bond acceptors (Lipinski definition) is 5. The van der Waals surface area contributed by atoms with E-state index >= 15 is 0 Å². The lowest BCUT2D eigenvalue weighted by atomic mass is 10.4. The van der Waals surface area contributed by atoms with Crippen molar-refractivity contribution in [2.75, 3.05) is 26.4 Å². The van der Waals surface area contributed by atoms with Crippen LogP contribution in [-0.2, 0) is 13.8 Å². The predicted molar refractivity (Wildman–Crippen MR) is 46.3 cm³/mol. The van der Waals surface area contributed by atoms with E-state index in [1.807, 2.05) is 0 Å². The smallest absolute Gasteiger partial charge is 0.388 e. The zero-order valence-corrected chi connectivity index (χ0v) is 8.15. The van der Waals surface area contributed by atoms with E-state index in [-0.39, 0.29) is 13.2 Å². The molecular formula is C6H15NO5P+. The summed E-state index contributed by atoms with van der Waals surface area (Å²) in [6, 6.07) is 0. The number of aliphatic hydroxyl groups excluding tert-OH is 1. The van der Waals surface area contributed by atoms with Gasteiger partial charge >= 0.3 is 8.25 Å². The summed E-state index contributed by atoms with van der Waals surface area (Å²) in [4.78, 5) is 8.23. The van der Waals surface area contributed by atoms with Crippen LogP contribution in [0.15, 0.2) is 0 Å². The molecule has 0 heterocycles. The summed E-state index contributed by atoms with van der Waals surface area (Å²) in [7, 11) is -2.64. The highest BCUT2D eigenvalue weighted by molar-refractivity contribution is 7.32. The SMILES string of the molecule is NCCCOCC(O)CO[P+](=O)O. The van der Waals surface area contributed by atoms with Gasteiger partial charge in [0.15, 0.2) is 0 Å². The van der Waals surface area contributed by atoms with Crippen molar-refractivity contribution in [1.82, 2.24) is 0 Å². The van der Waals surface area contributed by atoms with Crippen molar-refractivity contribution in [3.05, 3.63) is 0 Å². The summed E-state index contributed by atoms with van der Waals surface area (Å²) in [6.07, 6.45) is -0.147. The molecule has 0 aliphatic heterocycles. The van der Waals surface area contributed by atoms with Gasteiger partial charge in [-0.05, 0) is 13.0 Å². The van der Waals surface area contributed by atoms with Crippen LogP contribution in [0.4, 0.5) is 0 Å². The Morgan fingerprint density at radius 1 is 1.46 bits per heavy atom. The molecule has 0 aromatic rings. The van der Waals surface area contributed by atoms with Gasteiger partial charge in [-0.15, -0.1) is 9.42 Å². The van der Waals surface area contributed by atoms with Crippen LogP contribution in [0.3, 0.4) is 0 Å². The molecular weight excluding hydrogens is 197 g/mol. The molecule has 0 aromatic carbocycles. The van der Waals surface area contributed by atoms with Crippen LogP contribution >= 0.6 is 8.25 Å². The Morgan fingerprint density at radius 2 is 2.15 bits per heavy atom. The lowest BCUT2D eigenvalue weighted by molar-refractivity contribution is 0.0114. The molecule has 13 heavy (non-hydrogen) atoms. The summed E-state index contributed by atoms with van der Waals surface area (Å²) < 4.78 is 19.3. The minimum absolute atomic E-state index is 0.0865. The second-order valence-electron chi connectivity index (χ2n) is 2.40. The van der Waals surface area contributed by atoms with Gasteiger partial charge in [-0.1, -0.05) is 0 Å². The van der Waals surface area contributed by atoms with Gasteiger partial charge in [0.05, 0.1) is 6.61 Å². The standard InChI is InChI=1S/C6H14NO5P/c7-2-1-3-11-4-6(8)5-12-13(9)10/h6,8H,1-5,7H2/p+1.